The number of hydrogen-bond acceptors (Lipinski definition) is 4. The van der Waals surface area contributed by atoms with Gasteiger partial charge in [0, 0.05) is 17.5 Å². The van der Waals surface area contributed by atoms with Crippen molar-refractivity contribution in [1.82, 2.24) is 10.5 Å². The molecule has 2 heterocycles. The second-order valence-corrected chi connectivity index (χ2v) is 5.84. The topological polar surface area (TPSA) is 68.3 Å². The molecule has 0 aliphatic rings. The van der Waals surface area contributed by atoms with Gasteiger partial charge in [-0.25, -0.2) is 0 Å². The highest BCUT2D eigenvalue weighted by Gasteiger charge is 2.12. The summed E-state index contributed by atoms with van der Waals surface area (Å²) in [5.74, 6) is 1.57. The molecular weight excluding hydrogens is 304 g/mol. The van der Waals surface area contributed by atoms with E-state index in [1.165, 1.54) is 5.56 Å². The summed E-state index contributed by atoms with van der Waals surface area (Å²) in [4.78, 5) is 12.0. The Morgan fingerprint density at radius 2 is 1.92 bits per heavy atom. The van der Waals surface area contributed by atoms with Gasteiger partial charge in [0.05, 0.1) is 6.54 Å². The van der Waals surface area contributed by atoms with Gasteiger partial charge in [0.1, 0.15) is 23.5 Å². The first-order chi connectivity index (χ1) is 11.6. The zero-order valence-corrected chi connectivity index (χ0v) is 13.8. The van der Waals surface area contributed by atoms with Crippen LogP contribution in [0, 0.1) is 13.8 Å². The summed E-state index contributed by atoms with van der Waals surface area (Å²) in [6.45, 7) is 4.32. The van der Waals surface area contributed by atoms with Gasteiger partial charge in [-0.3, -0.25) is 4.79 Å². The maximum atomic E-state index is 12.0. The van der Waals surface area contributed by atoms with Crippen LogP contribution in [0.1, 0.15) is 29.1 Å². The molecule has 0 unspecified atom stereocenters. The molecule has 0 fully saturated rings. The second kappa shape index (κ2) is 7.17. The normalized spacial score (nSPS) is 10.8. The monoisotopic (exact) mass is 324 g/mol. The number of carbonyl (C=O) groups is 1. The van der Waals surface area contributed by atoms with Gasteiger partial charge < -0.3 is 14.3 Å². The SMILES string of the molecule is Cc1ccc(-c2nocc2CCC(=O)NCc2ccc(C)o2)cc1. The van der Waals surface area contributed by atoms with E-state index in [1.807, 2.05) is 50.2 Å². The standard InChI is InChI=1S/C19H20N2O3/c1-13-3-6-15(7-4-13)19-16(12-23-21-19)8-10-18(22)20-11-17-9-5-14(2)24-17/h3-7,9,12H,8,10-11H2,1-2H3,(H,20,22). The molecule has 1 amide bonds. The first-order valence-electron chi connectivity index (χ1n) is 7.94. The van der Waals surface area contributed by atoms with Crippen LogP contribution in [-0.2, 0) is 17.8 Å². The van der Waals surface area contributed by atoms with Crippen LogP contribution < -0.4 is 5.32 Å². The van der Waals surface area contributed by atoms with Crippen LogP contribution in [0.5, 0.6) is 0 Å². The fraction of sp³-hybridized carbons (Fsp3) is 0.263. The summed E-state index contributed by atoms with van der Waals surface area (Å²) in [5, 5.41) is 6.93. The molecule has 124 valence electrons. The number of rotatable bonds is 6. The Morgan fingerprint density at radius 1 is 1.12 bits per heavy atom. The molecule has 0 spiro atoms. The maximum absolute atomic E-state index is 12.0. The molecule has 0 saturated carbocycles. The van der Waals surface area contributed by atoms with E-state index < -0.39 is 0 Å². The molecule has 3 rings (SSSR count). The van der Waals surface area contributed by atoms with E-state index >= 15 is 0 Å². The molecule has 5 heteroatoms. The minimum absolute atomic E-state index is 0.0277. The van der Waals surface area contributed by atoms with Crippen molar-refractivity contribution in [3.05, 3.63) is 65.3 Å². The number of carbonyl (C=O) groups excluding carboxylic acids is 1. The second-order valence-electron chi connectivity index (χ2n) is 5.84. The highest BCUT2D eigenvalue weighted by Crippen LogP contribution is 2.23. The van der Waals surface area contributed by atoms with Crippen LogP contribution in [-0.4, -0.2) is 11.1 Å². The number of nitrogens with zero attached hydrogens (tertiary/aromatic N) is 1. The van der Waals surface area contributed by atoms with E-state index in [1.54, 1.807) is 6.26 Å². The number of amides is 1. The number of benzene rings is 1. The van der Waals surface area contributed by atoms with Gasteiger partial charge in [0.2, 0.25) is 5.91 Å². The van der Waals surface area contributed by atoms with E-state index in [0.717, 1.165) is 28.3 Å². The predicted molar refractivity (Wildman–Crippen MR) is 90.3 cm³/mol. The molecule has 1 aromatic carbocycles. The molecule has 0 aliphatic heterocycles. The average Bonchev–Trinajstić information content (AvgIpc) is 3.20. The lowest BCUT2D eigenvalue weighted by Crippen LogP contribution is -2.22. The summed E-state index contributed by atoms with van der Waals surface area (Å²) >= 11 is 0. The summed E-state index contributed by atoms with van der Waals surface area (Å²) in [5.41, 5.74) is 3.92. The Kier molecular flexibility index (Phi) is 4.79. The van der Waals surface area contributed by atoms with Crippen molar-refractivity contribution in [2.75, 3.05) is 0 Å². The van der Waals surface area contributed by atoms with Gasteiger partial charge in [0.25, 0.3) is 0 Å². The van der Waals surface area contributed by atoms with Crippen LogP contribution in [0.4, 0.5) is 0 Å². The Bertz CT molecular complexity index is 815. The Balaban J connectivity index is 1.56. The van der Waals surface area contributed by atoms with Crippen LogP contribution in [0.2, 0.25) is 0 Å². The molecule has 0 bridgehead atoms. The number of hydrogen-bond donors (Lipinski definition) is 1. The smallest absolute Gasteiger partial charge is 0.220 e. The fourth-order valence-electron chi connectivity index (χ4n) is 2.49. The molecule has 3 aromatic rings. The molecule has 0 radical (unpaired) electrons. The van der Waals surface area contributed by atoms with Gasteiger partial charge in [-0.1, -0.05) is 35.0 Å². The zero-order chi connectivity index (χ0) is 16.9. The van der Waals surface area contributed by atoms with Gasteiger partial charge in [0.15, 0.2) is 0 Å². The van der Waals surface area contributed by atoms with Crippen molar-refractivity contribution in [2.45, 2.75) is 33.2 Å². The largest absolute Gasteiger partial charge is 0.465 e. The van der Waals surface area contributed by atoms with E-state index in [9.17, 15) is 4.79 Å². The number of aryl methyl sites for hydroxylation is 3. The number of nitrogens with one attached hydrogen (secondary N) is 1. The third kappa shape index (κ3) is 3.93. The maximum Gasteiger partial charge on any atom is 0.220 e. The fourth-order valence-corrected chi connectivity index (χ4v) is 2.49. The van der Waals surface area contributed by atoms with Gasteiger partial charge in [-0.2, -0.15) is 0 Å². The van der Waals surface area contributed by atoms with Crippen LogP contribution >= 0.6 is 0 Å². The van der Waals surface area contributed by atoms with E-state index in [4.69, 9.17) is 8.94 Å². The van der Waals surface area contributed by atoms with E-state index in [-0.39, 0.29) is 5.91 Å². The molecule has 24 heavy (non-hydrogen) atoms. The van der Waals surface area contributed by atoms with Crippen molar-refractivity contribution >= 4 is 5.91 Å². The number of aromatic nitrogens is 1. The van der Waals surface area contributed by atoms with Crippen LogP contribution in [0.15, 0.2) is 51.6 Å². The van der Waals surface area contributed by atoms with Crippen molar-refractivity contribution in [1.29, 1.82) is 0 Å². The molecule has 1 N–H and O–H groups in total. The minimum Gasteiger partial charge on any atom is -0.465 e. The average molecular weight is 324 g/mol. The number of furan rings is 1. The van der Waals surface area contributed by atoms with Crippen molar-refractivity contribution in [2.24, 2.45) is 0 Å². The van der Waals surface area contributed by atoms with Gasteiger partial charge in [-0.15, -0.1) is 0 Å². The summed E-state index contributed by atoms with van der Waals surface area (Å²) in [6.07, 6.45) is 2.56. The molecule has 0 aliphatic carbocycles. The lowest BCUT2D eigenvalue weighted by molar-refractivity contribution is -0.121. The highest BCUT2D eigenvalue weighted by molar-refractivity contribution is 5.76. The molecule has 0 saturated heterocycles. The third-order valence-electron chi connectivity index (χ3n) is 3.85. The van der Waals surface area contributed by atoms with Crippen molar-refractivity contribution in [3.63, 3.8) is 0 Å². The Labute approximate surface area is 140 Å². The first kappa shape index (κ1) is 16.1. The summed E-state index contributed by atoms with van der Waals surface area (Å²) in [7, 11) is 0. The lowest BCUT2D eigenvalue weighted by atomic mass is 10.0. The first-order valence-corrected chi connectivity index (χ1v) is 7.94. The Hall–Kier alpha value is -2.82. The van der Waals surface area contributed by atoms with Crippen LogP contribution in [0.25, 0.3) is 11.3 Å². The van der Waals surface area contributed by atoms with Crippen molar-refractivity contribution < 1.29 is 13.7 Å². The summed E-state index contributed by atoms with van der Waals surface area (Å²) < 4.78 is 10.5. The predicted octanol–water partition coefficient (Wildman–Crippen LogP) is 3.80. The van der Waals surface area contributed by atoms with Gasteiger partial charge in [-0.05, 0) is 32.4 Å². The Morgan fingerprint density at radius 3 is 2.62 bits per heavy atom. The highest BCUT2D eigenvalue weighted by atomic mass is 16.5. The molecule has 5 nitrogen and oxygen atoms in total. The van der Waals surface area contributed by atoms with Gasteiger partial charge >= 0.3 is 0 Å². The quantitative estimate of drug-likeness (QED) is 0.749. The summed E-state index contributed by atoms with van der Waals surface area (Å²) in [6, 6.07) is 11.8. The van der Waals surface area contributed by atoms with E-state index in [0.29, 0.717) is 19.4 Å². The molecular formula is C19H20N2O3. The van der Waals surface area contributed by atoms with E-state index in [2.05, 4.69) is 10.5 Å². The molecule has 2 aromatic heterocycles. The van der Waals surface area contributed by atoms with Crippen molar-refractivity contribution in [3.8, 4) is 11.3 Å². The lowest BCUT2D eigenvalue weighted by Gasteiger charge is -2.04. The molecule has 0 atom stereocenters. The minimum atomic E-state index is -0.0277. The zero-order valence-electron chi connectivity index (χ0n) is 13.8. The third-order valence-corrected chi connectivity index (χ3v) is 3.85. The van der Waals surface area contributed by atoms with Crippen LogP contribution in [0.3, 0.4) is 0 Å².